The van der Waals surface area contributed by atoms with Gasteiger partial charge >= 0.3 is 5.97 Å². The third-order valence-electron chi connectivity index (χ3n) is 4.92. The fourth-order valence-corrected chi connectivity index (χ4v) is 4.26. The van der Waals surface area contributed by atoms with Crippen molar-refractivity contribution in [3.8, 4) is 5.69 Å². The van der Waals surface area contributed by atoms with Crippen LogP contribution in [0.1, 0.15) is 12.5 Å². The molecule has 0 unspecified atom stereocenters. The first-order valence-corrected chi connectivity index (χ1v) is 11.1. The first-order chi connectivity index (χ1) is 15.5. The van der Waals surface area contributed by atoms with Crippen LogP contribution in [0.3, 0.4) is 0 Å². The Balaban J connectivity index is 1.74. The van der Waals surface area contributed by atoms with Gasteiger partial charge in [0, 0.05) is 10.9 Å². The summed E-state index contributed by atoms with van der Waals surface area (Å²) in [6.45, 7) is 3.66. The number of esters is 1. The van der Waals surface area contributed by atoms with Crippen LogP contribution in [0, 0.1) is 6.92 Å². The van der Waals surface area contributed by atoms with Crippen molar-refractivity contribution in [2.45, 2.75) is 19.0 Å². The van der Waals surface area contributed by atoms with Gasteiger partial charge in [-0.2, -0.15) is 0 Å². The zero-order valence-electron chi connectivity index (χ0n) is 17.7. The number of hydrogen-bond donors (Lipinski definition) is 2. The molecule has 4 aromatic rings. The number of amides is 1. The van der Waals surface area contributed by atoms with Gasteiger partial charge in [0.25, 0.3) is 5.56 Å². The van der Waals surface area contributed by atoms with Crippen LogP contribution in [-0.4, -0.2) is 45.3 Å². The molecule has 0 fully saturated rings. The standard InChI is InChI=1S/C23H22N4O4S/c1-3-31-19(29)12-24-18(28)13-32-23-26-20-15-9-5-6-10-16(15)25-21(20)22(30)27(23)17-11-7-4-8-14(17)2/h4-11,25H,3,12-13H2,1-2H3,(H,24,28). The first kappa shape index (κ1) is 21.6. The number of aromatic amines is 1. The van der Waals surface area contributed by atoms with Gasteiger partial charge in [-0.1, -0.05) is 48.2 Å². The molecule has 2 N–H and O–H groups in total. The highest BCUT2D eigenvalue weighted by Crippen LogP contribution is 2.27. The minimum atomic E-state index is -0.499. The van der Waals surface area contributed by atoms with E-state index in [-0.39, 0.29) is 30.4 Å². The molecular formula is C23H22N4O4S. The molecular weight excluding hydrogens is 428 g/mol. The SMILES string of the molecule is CCOC(=O)CNC(=O)CSc1nc2c([nH]c3ccccc32)c(=O)n1-c1ccccc1C. The van der Waals surface area contributed by atoms with Crippen LogP contribution in [0.15, 0.2) is 58.5 Å². The highest BCUT2D eigenvalue weighted by molar-refractivity contribution is 7.99. The lowest BCUT2D eigenvalue weighted by Gasteiger charge is -2.14. The summed E-state index contributed by atoms with van der Waals surface area (Å²) in [5, 5.41) is 3.76. The lowest BCUT2D eigenvalue weighted by molar-refractivity contribution is -0.143. The van der Waals surface area contributed by atoms with Gasteiger partial charge in [-0.05, 0) is 31.5 Å². The van der Waals surface area contributed by atoms with Crippen molar-refractivity contribution in [1.29, 1.82) is 0 Å². The number of nitrogens with one attached hydrogen (secondary N) is 2. The number of carbonyl (C=O) groups is 2. The lowest BCUT2D eigenvalue weighted by Crippen LogP contribution is -2.32. The zero-order valence-corrected chi connectivity index (χ0v) is 18.5. The number of carbonyl (C=O) groups excluding carboxylic acids is 2. The summed E-state index contributed by atoms with van der Waals surface area (Å²) in [5.41, 5.74) is 3.14. The van der Waals surface area contributed by atoms with E-state index in [1.807, 2.05) is 55.5 Å². The second-order valence-electron chi connectivity index (χ2n) is 7.09. The van der Waals surface area contributed by atoms with E-state index in [4.69, 9.17) is 9.72 Å². The highest BCUT2D eigenvalue weighted by Gasteiger charge is 2.19. The number of H-pyrrole nitrogens is 1. The average molecular weight is 451 g/mol. The number of nitrogens with zero attached hydrogens (tertiary/aromatic N) is 2. The largest absolute Gasteiger partial charge is 0.465 e. The summed E-state index contributed by atoms with van der Waals surface area (Å²) in [6.07, 6.45) is 0. The Morgan fingerprint density at radius 2 is 1.91 bits per heavy atom. The monoisotopic (exact) mass is 450 g/mol. The van der Waals surface area contributed by atoms with Gasteiger partial charge in [0.05, 0.1) is 18.0 Å². The van der Waals surface area contributed by atoms with Gasteiger partial charge in [0.1, 0.15) is 17.6 Å². The fraction of sp³-hybridized carbons (Fsp3) is 0.217. The molecule has 0 saturated heterocycles. The molecule has 0 saturated carbocycles. The van der Waals surface area contributed by atoms with E-state index in [0.29, 0.717) is 21.9 Å². The number of hydrogen-bond acceptors (Lipinski definition) is 6. The molecule has 164 valence electrons. The molecule has 4 rings (SSSR count). The molecule has 0 spiro atoms. The molecule has 1 amide bonds. The smallest absolute Gasteiger partial charge is 0.325 e. The van der Waals surface area contributed by atoms with Gasteiger partial charge in [-0.3, -0.25) is 19.0 Å². The van der Waals surface area contributed by atoms with E-state index in [0.717, 1.165) is 28.2 Å². The maximum atomic E-state index is 13.5. The minimum absolute atomic E-state index is 0.00834. The lowest BCUT2D eigenvalue weighted by atomic mass is 10.2. The van der Waals surface area contributed by atoms with Crippen LogP contribution in [-0.2, 0) is 14.3 Å². The van der Waals surface area contributed by atoms with Crippen LogP contribution in [0.4, 0.5) is 0 Å². The molecule has 2 aromatic carbocycles. The van der Waals surface area contributed by atoms with Crippen LogP contribution in [0.2, 0.25) is 0 Å². The topological polar surface area (TPSA) is 106 Å². The first-order valence-electron chi connectivity index (χ1n) is 10.1. The maximum Gasteiger partial charge on any atom is 0.325 e. The quantitative estimate of drug-likeness (QED) is 0.255. The summed E-state index contributed by atoms with van der Waals surface area (Å²) >= 11 is 1.14. The fourth-order valence-electron chi connectivity index (χ4n) is 3.43. The van der Waals surface area contributed by atoms with Gasteiger partial charge in [-0.15, -0.1) is 0 Å². The summed E-state index contributed by atoms with van der Waals surface area (Å²) in [6, 6.07) is 15.1. The molecule has 0 atom stereocenters. The van der Waals surface area contributed by atoms with Gasteiger partial charge in [-0.25, -0.2) is 4.98 Å². The van der Waals surface area contributed by atoms with E-state index >= 15 is 0 Å². The molecule has 0 aliphatic carbocycles. The number of rotatable bonds is 7. The molecule has 2 aromatic heterocycles. The second-order valence-corrected chi connectivity index (χ2v) is 8.03. The predicted octanol–water partition coefficient (Wildman–Crippen LogP) is 2.95. The van der Waals surface area contributed by atoms with Crippen molar-refractivity contribution < 1.29 is 14.3 Å². The molecule has 0 aliphatic heterocycles. The van der Waals surface area contributed by atoms with E-state index in [2.05, 4.69) is 10.3 Å². The number of para-hydroxylation sites is 2. The second kappa shape index (κ2) is 9.27. The Kier molecular flexibility index (Phi) is 6.27. The number of thioether (sulfide) groups is 1. The van der Waals surface area contributed by atoms with Crippen molar-refractivity contribution in [1.82, 2.24) is 19.9 Å². The Morgan fingerprint density at radius 1 is 1.16 bits per heavy atom. The maximum absolute atomic E-state index is 13.5. The molecule has 9 heteroatoms. The normalized spacial score (nSPS) is 11.1. The zero-order chi connectivity index (χ0) is 22.7. The van der Waals surface area contributed by atoms with Gasteiger partial charge in [0.15, 0.2) is 5.16 Å². The van der Waals surface area contributed by atoms with Crippen molar-refractivity contribution in [2.24, 2.45) is 0 Å². The Hall–Kier alpha value is -3.59. The molecule has 0 radical (unpaired) electrons. The minimum Gasteiger partial charge on any atom is -0.465 e. The van der Waals surface area contributed by atoms with Crippen LogP contribution >= 0.6 is 11.8 Å². The van der Waals surface area contributed by atoms with E-state index in [1.54, 1.807) is 6.92 Å². The number of fused-ring (bicyclic) bond motifs is 3. The van der Waals surface area contributed by atoms with Crippen LogP contribution < -0.4 is 10.9 Å². The Morgan fingerprint density at radius 3 is 2.69 bits per heavy atom. The van der Waals surface area contributed by atoms with Crippen LogP contribution in [0.5, 0.6) is 0 Å². The van der Waals surface area contributed by atoms with Crippen molar-refractivity contribution in [2.75, 3.05) is 18.9 Å². The Bertz CT molecular complexity index is 1380. The molecule has 0 bridgehead atoms. The highest BCUT2D eigenvalue weighted by atomic mass is 32.2. The molecule has 8 nitrogen and oxygen atoms in total. The van der Waals surface area contributed by atoms with Crippen LogP contribution in [0.25, 0.3) is 27.6 Å². The number of benzene rings is 2. The third kappa shape index (κ3) is 4.24. The number of aromatic nitrogens is 3. The predicted molar refractivity (Wildman–Crippen MR) is 124 cm³/mol. The van der Waals surface area contributed by atoms with Crippen molar-refractivity contribution in [3.63, 3.8) is 0 Å². The van der Waals surface area contributed by atoms with Gasteiger partial charge in [0.2, 0.25) is 5.91 Å². The summed E-state index contributed by atoms with van der Waals surface area (Å²) in [4.78, 5) is 45.2. The van der Waals surface area contributed by atoms with Gasteiger partial charge < -0.3 is 15.0 Å². The van der Waals surface area contributed by atoms with E-state index < -0.39 is 5.97 Å². The molecule has 2 heterocycles. The number of aryl methyl sites for hydroxylation is 1. The molecule has 0 aliphatic rings. The summed E-state index contributed by atoms with van der Waals surface area (Å²) < 4.78 is 6.34. The third-order valence-corrected chi connectivity index (χ3v) is 5.86. The summed E-state index contributed by atoms with van der Waals surface area (Å²) in [7, 11) is 0. The van der Waals surface area contributed by atoms with E-state index in [1.165, 1.54) is 4.57 Å². The average Bonchev–Trinajstić information content (AvgIpc) is 3.16. The Labute approximate surface area is 188 Å². The molecule has 32 heavy (non-hydrogen) atoms. The number of ether oxygens (including phenoxy) is 1. The summed E-state index contributed by atoms with van der Waals surface area (Å²) in [5.74, 6) is -0.861. The van der Waals surface area contributed by atoms with Crippen molar-refractivity contribution >= 4 is 45.6 Å². The van der Waals surface area contributed by atoms with Crippen molar-refractivity contribution in [3.05, 3.63) is 64.4 Å². The van der Waals surface area contributed by atoms with E-state index in [9.17, 15) is 14.4 Å².